The molecule has 1 aliphatic rings. The van der Waals surface area contributed by atoms with Crippen LogP contribution in [0.25, 0.3) is 0 Å². The highest BCUT2D eigenvalue weighted by Crippen LogP contribution is 2.38. The van der Waals surface area contributed by atoms with E-state index >= 15 is 0 Å². The molecule has 0 unspecified atom stereocenters. The average molecular weight is 366 g/mol. The SMILES string of the molecule is CCCN1C(=O)C(C)(C)COc2cc(NC(=O)c3cccc(C)c3)ccc21. The van der Waals surface area contributed by atoms with Gasteiger partial charge in [0.05, 0.1) is 11.1 Å². The number of nitrogens with zero attached hydrogens (tertiary/aromatic N) is 1. The van der Waals surface area contributed by atoms with Crippen LogP contribution in [0.2, 0.25) is 0 Å². The summed E-state index contributed by atoms with van der Waals surface area (Å²) in [4.78, 5) is 27.2. The van der Waals surface area contributed by atoms with E-state index in [2.05, 4.69) is 5.32 Å². The third-order valence-electron chi connectivity index (χ3n) is 4.65. The van der Waals surface area contributed by atoms with Crippen molar-refractivity contribution in [2.24, 2.45) is 5.41 Å². The van der Waals surface area contributed by atoms with Gasteiger partial charge in [0.25, 0.3) is 5.91 Å². The van der Waals surface area contributed by atoms with E-state index in [0.717, 1.165) is 17.7 Å². The molecule has 5 heteroatoms. The maximum Gasteiger partial charge on any atom is 0.255 e. The van der Waals surface area contributed by atoms with Gasteiger partial charge in [-0.05, 0) is 51.5 Å². The minimum atomic E-state index is -0.598. The number of hydrogen-bond acceptors (Lipinski definition) is 3. The molecule has 0 saturated carbocycles. The number of carbonyl (C=O) groups is 2. The number of anilines is 2. The Bertz CT molecular complexity index is 874. The van der Waals surface area contributed by atoms with E-state index in [9.17, 15) is 9.59 Å². The minimum Gasteiger partial charge on any atom is -0.490 e. The van der Waals surface area contributed by atoms with Crippen molar-refractivity contribution >= 4 is 23.2 Å². The Morgan fingerprint density at radius 2 is 2.00 bits per heavy atom. The molecule has 1 N–H and O–H groups in total. The van der Waals surface area contributed by atoms with E-state index in [4.69, 9.17) is 4.74 Å². The lowest BCUT2D eigenvalue weighted by Crippen LogP contribution is -2.42. The molecule has 2 aromatic carbocycles. The van der Waals surface area contributed by atoms with Gasteiger partial charge < -0.3 is 15.0 Å². The van der Waals surface area contributed by atoms with Gasteiger partial charge in [-0.25, -0.2) is 0 Å². The highest BCUT2D eigenvalue weighted by molar-refractivity contribution is 6.05. The second-order valence-corrected chi connectivity index (χ2v) is 7.64. The van der Waals surface area contributed by atoms with Gasteiger partial charge >= 0.3 is 0 Å². The summed E-state index contributed by atoms with van der Waals surface area (Å²) in [6, 6.07) is 12.9. The molecule has 142 valence electrons. The van der Waals surface area contributed by atoms with Gasteiger partial charge in [-0.1, -0.05) is 24.6 Å². The second kappa shape index (κ2) is 7.43. The van der Waals surface area contributed by atoms with Gasteiger partial charge in [0.1, 0.15) is 12.4 Å². The largest absolute Gasteiger partial charge is 0.490 e. The lowest BCUT2D eigenvalue weighted by Gasteiger charge is -2.27. The van der Waals surface area contributed by atoms with Crippen molar-refractivity contribution in [3.05, 3.63) is 53.6 Å². The van der Waals surface area contributed by atoms with Crippen LogP contribution in [0.3, 0.4) is 0 Å². The van der Waals surface area contributed by atoms with E-state index in [0.29, 0.717) is 30.2 Å². The number of ether oxygens (including phenoxy) is 1. The number of amides is 2. The van der Waals surface area contributed by atoms with Crippen molar-refractivity contribution < 1.29 is 14.3 Å². The summed E-state index contributed by atoms with van der Waals surface area (Å²) < 4.78 is 5.94. The van der Waals surface area contributed by atoms with E-state index in [-0.39, 0.29) is 11.8 Å². The standard InChI is InChI=1S/C22H26N2O3/c1-5-11-24-18-10-9-17(13-19(18)27-14-22(3,4)21(24)26)23-20(25)16-8-6-7-15(2)12-16/h6-10,12-13H,5,11,14H2,1-4H3,(H,23,25). The van der Waals surface area contributed by atoms with Crippen molar-refractivity contribution in [2.45, 2.75) is 34.1 Å². The Morgan fingerprint density at radius 3 is 2.70 bits per heavy atom. The number of fused-ring (bicyclic) bond motifs is 1. The molecular formula is C22H26N2O3. The van der Waals surface area contributed by atoms with Crippen LogP contribution in [-0.2, 0) is 4.79 Å². The Balaban J connectivity index is 1.89. The number of aryl methyl sites for hydroxylation is 1. The third kappa shape index (κ3) is 3.97. The van der Waals surface area contributed by atoms with Crippen LogP contribution >= 0.6 is 0 Å². The van der Waals surface area contributed by atoms with Crippen molar-refractivity contribution in [3.63, 3.8) is 0 Å². The van der Waals surface area contributed by atoms with Crippen LogP contribution in [0.1, 0.15) is 43.1 Å². The molecule has 0 bridgehead atoms. The summed E-state index contributed by atoms with van der Waals surface area (Å²) >= 11 is 0. The fourth-order valence-electron chi connectivity index (χ4n) is 3.16. The van der Waals surface area contributed by atoms with Crippen molar-refractivity contribution in [2.75, 3.05) is 23.4 Å². The topological polar surface area (TPSA) is 58.6 Å². The lowest BCUT2D eigenvalue weighted by molar-refractivity contribution is -0.127. The predicted octanol–water partition coefficient (Wildman–Crippen LogP) is 4.41. The number of rotatable bonds is 4. The highest BCUT2D eigenvalue weighted by atomic mass is 16.5. The molecule has 2 amide bonds. The summed E-state index contributed by atoms with van der Waals surface area (Å²) in [5, 5.41) is 2.91. The van der Waals surface area contributed by atoms with Gasteiger partial charge in [-0.3, -0.25) is 9.59 Å². The maximum absolute atomic E-state index is 12.9. The Labute approximate surface area is 160 Å². The fraction of sp³-hybridized carbons (Fsp3) is 0.364. The van der Waals surface area contributed by atoms with Gasteiger partial charge in [0.15, 0.2) is 0 Å². The van der Waals surface area contributed by atoms with Gasteiger partial charge in [-0.2, -0.15) is 0 Å². The van der Waals surface area contributed by atoms with Crippen molar-refractivity contribution in [1.29, 1.82) is 0 Å². The zero-order valence-corrected chi connectivity index (χ0v) is 16.3. The van der Waals surface area contributed by atoms with E-state index in [1.807, 2.05) is 58.0 Å². The molecule has 0 aliphatic carbocycles. The number of carbonyl (C=O) groups excluding carboxylic acids is 2. The van der Waals surface area contributed by atoms with E-state index < -0.39 is 5.41 Å². The summed E-state index contributed by atoms with van der Waals surface area (Å²) in [6.45, 7) is 8.72. The van der Waals surface area contributed by atoms with E-state index in [1.165, 1.54) is 0 Å². The third-order valence-corrected chi connectivity index (χ3v) is 4.65. The summed E-state index contributed by atoms with van der Waals surface area (Å²) in [5.74, 6) is 0.498. The molecule has 1 aliphatic heterocycles. The number of nitrogens with one attached hydrogen (secondary N) is 1. The molecule has 0 atom stereocenters. The first-order valence-electron chi connectivity index (χ1n) is 9.28. The van der Waals surface area contributed by atoms with Gasteiger partial charge in [0.2, 0.25) is 5.91 Å². The van der Waals surface area contributed by atoms with Crippen LogP contribution in [-0.4, -0.2) is 25.0 Å². The van der Waals surface area contributed by atoms with Gasteiger partial charge in [0, 0.05) is 23.9 Å². The number of hydrogen-bond donors (Lipinski definition) is 1. The molecule has 3 rings (SSSR count). The van der Waals surface area contributed by atoms with Crippen LogP contribution in [0, 0.1) is 12.3 Å². The van der Waals surface area contributed by atoms with E-state index in [1.54, 1.807) is 17.0 Å². The van der Waals surface area contributed by atoms with Crippen LogP contribution in [0.15, 0.2) is 42.5 Å². The predicted molar refractivity (Wildman–Crippen MR) is 107 cm³/mol. The fourth-order valence-corrected chi connectivity index (χ4v) is 3.16. The van der Waals surface area contributed by atoms with Gasteiger partial charge in [-0.15, -0.1) is 0 Å². The molecule has 0 aromatic heterocycles. The molecule has 0 spiro atoms. The zero-order chi connectivity index (χ0) is 19.6. The quantitative estimate of drug-likeness (QED) is 0.872. The monoisotopic (exact) mass is 366 g/mol. The first kappa shape index (κ1) is 19.0. The summed E-state index contributed by atoms with van der Waals surface area (Å²) in [5.41, 5.74) is 2.43. The normalized spacial score (nSPS) is 15.6. The zero-order valence-electron chi connectivity index (χ0n) is 16.3. The maximum atomic E-state index is 12.9. The Hall–Kier alpha value is -2.82. The molecule has 5 nitrogen and oxygen atoms in total. The molecule has 0 saturated heterocycles. The average Bonchev–Trinajstić information content (AvgIpc) is 2.72. The molecular weight excluding hydrogens is 340 g/mol. The molecule has 0 fully saturated rings. The Morgan fingerprint density at radius 1 is 1.22 bits per heavy atom. The Kier molecular flexibility index (Phi) is 5.22. The number of benzene rings is 2. The first-order valence-corrected chi connectivity index (χ1v) is 9.28. The smallest absolute Gasteiger partial charge is 0.255 e. The minimum absolute atomic E-state index is 0.0552. The molecule has 2 aromatic rings. The lowest BCUT2D eigenvalue weighted by atomic mass is 9.93. The second-order valence-electron chi connectivity index (χ2n) is 7.64. The molecule has 27 heavy (non-hydrogen) atoms. The van der Waals surface area contributed by atoms with Crippen molar-refractivity contribution in [3.8, 4) is 5.75 Å². The van der Waals surface area contributed by atoms with Crippen LogP contribution in [0.5, 0.6) is 5.75 Å². The first-order chi connectivity index (χ1) is 12.8. The van der Waals surface area contributed by atoms with Crippen molar-refractivity contribution in [1.82, 2.24) is 0 Å². The summed E-state index contributed by atoms with van der Waals surface area (Å²) in [6.07, 6.45) is 0.854. The molecule has 1 heterocycles. The summed E-state index contributed by atoms with van der Waals surface area (Å²) in [7, 11) is 0. The molecule has 0 radical (unpaired) electrons. The van der Waals surface area contributed by atoms with Crippen LogP contribution < -0.4 is 15.0 Å². The van der Waals surface area contributed by atoms with Crippen LogP contribution in [0.4, 0.5) is 11.4 Å². The highest BCUT2D eigenvalue weighted by Gasteiger charge is 2.37.